The first-order valence-corrected chi connectivity index (χ1v) is 7.16. The highest BCUT2D eigenvalue weighted by Crippen LogP contribution is 2.34. The summed E-state index contributed by atoms with van der Waals surface area (Å²) in [5.41, 5.74) is 0.157. The van der Waals surface area contributed by atoms with E-state index in [4.69, 9.17) is 14.2 Å². The number of rotatable bonds is 5. The monoisotopic (exact) mass is 283 g/mol. The highest BCUT2D eigenvalue weighted by molar-refractivity contribution is 5.89. The first kappa shape index (κ1) is 15.5. The van der Waals surface area contributed by atoms with Crippen molar-refractivity contribution in [3.8, 4) is 0 Å². The van der Waals surface area contributed by atoms with E-state index in [2.05, 4.69) is 0 Å². The Hall–Kier alpha value is -0.910. The van der Waals surface area contributed by atoms with E-state index in [1.807, 2.05) is 24.8 Å². The molecule has 5 heteroatoms. The topological polar surface area (TPSA) is 48.0 Å². The molecule has 5 nitrogen and oxygen atoms in total. The predicted molar refractivity (Wildman–Crippen MR) is 75.5 cm³/mol. The van der Waals surface area contributed by atoms with Crippen LogP contribution < -0.4 is 0 Å². The molecule has 2 heterocycles. The normalized spacial score (nSPS) is 33.6. The Morgan fingerprint density at radius 1 is 1.35 bits per heavy atom. The Morgan fingerprint density at radius 3 is 2.30 bits per heavy atom. The Balaban J connectivity index is 2.20. The Kier molecular flexibility index (Phi) is 4.83. The number of carbonyl (C=O) groups is 1. The fourth-order valence-corrected chi connectivity index (χ4v) is 3.12. The molecule has 0 N–H and O–H groups in total. The van der Waals surface area contributed by atoms with Crippen LogP contribution in [0.3, 0.4) is 0 Å². The Labute approximate surface area is 120 Å². The summed E-state index contributed by atoms with van der Waals surface area (Å²) in [4.78, 5) is 14.9. The quantitative estimate of drug-likeness (QED) is 0.715. The van der Waals surface area contributed by atoms with E-state index >= 15 is 0 Å². The zero-order chi connectivity index (χ0) is 14.8. The van der Waals surface area contributed by atoms with Crippen molar-refractivity contribution < 1.29 is 19.0 Å². The van der Waals surface area contributed by atoms with Gasteiger partial charge in [0, 0.05) is 14.2 Å². The third kappa shape index (κ3) is 2.62. The third-order valence-electron chi connectivity index (χ3n) is 4.49. The second-order valence-corrected chi connectivity index (χ2v) is 5.74. The lowest BCUT2D eigenvalue weighted by molar-refractivity contribution is -0.154. The number of carbonyl (C=O) groups excluding carboxylic acids is 1. The van der Waals surface area contributed by atoms with Crippen LogP contribution in [0, 0.1) is 0 Å². The first-order valence-electron chi connectivity index (χ1n) is 7.16. The molecule has 20 heavy (non-hydrogen) atoms. The zero-order valence-corrected chi connectivity index (χ0v) is 12.8. The van der Waals surface area contributed by atoms with Crippen LogP contribution in [0.1, 0.15) is 26.7 Å². The molecule has 0 unspecified atom stereocenters. The number of methoxy groups -OCH3 is 2. The molecule has 0 aromatic heterocycles. The molecule has 0 spiro atoms. The smallest absolute Gasteiger partial charge is 0.259 e. The van der Waals surface area contributed by atoms with Crippen LogP contribution >= 0.6 is 0 Å². The molecular weight excluding hydrogens is 258 g/mol. The highest BCUT2D eigenvalue weighted by Gasteiger charge is 2.47. The van der Waals surface area contributed by atoms with E-state index in [0.29, 0.717) is 19.8 Å². The van der Waals surface area contributed by atoms with Gasteiger partial charge in [-0.05, 0) is 32.3 Å². The number of ether oxygens (including phenoxy) is 3. The summed E-state index contributed by atoms with van der Waals surface area (Å²) in [5, 5.41) is 0. The SMILES string of the molecule is COC[C@@H]1CC[C@@H](COC)N1C(=O)[C@@]1(C)OCC=C1C. The molecular formula is C15H25NO4. The lowest BCUT2D eigenvalue weighted by Gasteiger charge is -2.36. The summed E-state index contributed by atoms with van der Waals surface area (Å²) in [7, 11) is 3.34. The molecule has 1 saturated heterocycles. The minimum absolute atomic E-state index is 0.0327. The molecule has 1 fully saturated rings. The van der Waals surface area contributed by atoms with Crippen LogP contribution in [0.15, 0.2) is 11.6 Å². The summed E-state index contributed by atoms with van der Waals surface area (Å²) < 4.78 is 16.2. The minimum atomic E-state index is -0.831. The summed E-state index contributed by atoms with van der Waals surface area (Å²) in [6.07, 6.45) is 3.88. The van der Waals surface area contributed by atoms with Gasteiger partial charge in [-0.15, -0.1) is 0 Å². The first-order chi connectivity index (χ1) is 9.54. The van der Waals surface area contributed by atoms with E-state index < -0.39 is 5.60 Å². The molecule has 0 aromatic carbocycles. The molecule has 2 aliphatic heterocycles. The highest BCUT2D eigenvalue weighted by atomic mass is 16.5. The Bertz CT molecular complexity index is 381. The van der Waals surface area contributed by atoms with Crippen molar-refractivity contribution in [2.75, 3.05) is 34.0 Å². The molecule has 0 bridgehead atoms. The van der Waals surface area contributed by atoms with Crippen LogP contribution in [0.25, 0.3) is 0 Å². The van der Waals surface area contributed by atoms with Gasteiger partial charge in [-0.3, -0.25) is 4.79 Å². The summed E-state index contributed by atoms with van der Waals surface area (Å²) in [5.74, 6) is 0.0327. The maximum absolute atomic E-state index is 13.0. The average molecular weight is 283 g/mol. The molecule has 0 saturated carbocycles. The van der Waals surface area contributed by atoms with Gasteiger partial charge in [-0.25, -0.2) is 0 Å². The van der Waals surface area contributed by atoms with Gasteiger partial charge >= 0.3 is 0 Å². The molecule has 0 radical (unpaired) electrons. The van der Waals surface area contributed by atoms with Crippen molar-refractivity contribution in [2.45, 2.75) is 44.4 Å². The maximum Gasteiger partial charge on any atom is 0.259 e. The van der Waals surface area contributed by atoms with E-state index in [-0.39, 0.29) is 18.0 Å². The van der Waals surface area contributed by atoms with Gasteiger partial charge in [-0.2, -0.15) is 0 Å². The molecule has 114 valence electrons. The number of nitrogens with zero attached hydrogens (tertiary/aromatic N) is 1. The minimum Gasteiger partial charge on any atom is -0.383 e. The van der Waals surface area contributed by atoms with Crippen molar-refractivity contribution in [2.24, 2.45) is 0 Å². The van der Waals surface area contributed by atoms with Gasteiger partial charge in [0.05, 0.1) is 31.9 Å². The van der Waals surface area contributed by atoms with E-state index in [9.17, 15) is 4.79 Å². The summed E-state index contributed by atoms with van der Waals surface area (Å²) >= 11 is 0. The van der Waals surface area contributed by atoms with Crippen LogP contribution in [0.2, 0.25) is 0 Å². The van der Waals surface area contributed by atoms with Crippen LogP contribution in [-0.4, -0.2) is 62.5 Å². The maximum atomic E-state index is 13.0. The molecule has 2 aliphatic rings. The largest absolute Gasteiger partial charge is 0.383 e. The number of hydrogen-bond donors (Lipinski definition) is 0. The second kappa shape index (κ2) is 6.24. The van der Waals surface area contributed by atoms with Gasteiger partial charge in [-0.1, -0.05) is 6.08 Å². The summed E-state index contributed by atoms with van der Waals surface area (Å²) in [6, 6.07) is 0.225. The van der Waals surface area contributed by atoms with Crippen molar-refractivity contribution in [3.63, 3.8) is 0 Å². The Morgan fingerprint density at radius 2 is 1.90 bits per heavy atom. The molecule has 0 aromatic rings. The fourth-order valence-electron chi connectivity index (χ4n) is 3.12. The van der Waals surface area contributed by atoms with E-state index in [0.717, 1.165) is 18.4 Å². The third-order valence-corrected chi connectivity index (χ3v) is 4.49. The van der Waals surface area contributed by atoms with Crippen molar-refractivity contribution in [1.82, 2.24) is 4.90 Å². The van der Waals surface area contributed by atoms with Gasteiger partial charge in [0.1, 0.15) is 0 Å². The molecule has 1 amide bonds. The fraction of sp³-hybridized carbons (Fsp3) is 0.800. The average Bonchev–Trinajstić information content (AvgIpc) is 2.96. The van der Waals surface area contributed by atoms with Crippen molar-refractivity contribution in [1.29, 1.82) is 0 Å². The van der Waals surface area contributed by atoms with Crippen LogP contribution in [0.5, 0.6) is 0 Å². The second-order valence-electron chi connectivity index (χ2n) is 5.74. The lowest BCUT2D eigenvalue weighted by atomic mass is 9.96. The van der Waals surface area contributed by atoms with Gasteiger partial charge < -0.3 is 19.1 Å². The van der Waals surface area contributed by atoms with Crippen LogP contribution in [0.4, 0.5) is 0 Å². The van der Waals surface area contributed by atoms with Gasteiger partial charge in [0.2, 0.25) is 0 Å². The van der Waals surface area contributed by atoms with Crippen molar-refractivity contribution in [3.05, 3.63) is 11.6 Å². The van der Waals surface area contributed by atoms with E-state index in [1.165, 1.54) is 0 Å². The van der Waals surface area contributed by atoms with Crippen molar-refractivity contribution >= 4 is 5.91 Å². The summed E-state index contributed by atoms with van der Waals surface area (Å²) in [6.45, 7) is 5.44. The predicted octanol–water partition coefficient (Wildman–Crippen LogP) is 1.37. The zero-order valence-electron chi connectivity index (χ0n) is 12.8. The number of amides is 1. The molecule has 2 rings (SSSR count). The molecule has 0 aliphatic carbocycles. The molecule has 3 atom stereocenters. The standard InChI is InChI=1S/C15H25NO4/c1-11-7-8-20-15(11,2)14(17)16-12(9-18-3)5-6-13(16)10-19-4/h7,12-13H,5-6,8-10H2,1-4H3/t12-,13-,15-/m0/s1. The lowest BCUT2D eigenvalue weighted by Crippen LogP contribution is -2.54. The van der Waals surface area contributed by atoms with Gasteiger partial charge in [0.15, 0.2) is 5.60 Å². The number of likely N-dealkylation sites (tertiary alicyclic amines) is 1. The van der Waals surface area contributed by atoms with E-state index in [1.54, 1.807) is 14.2 Å². The number of hydrogen-bond acceptors (Lipinski definition) is 4. The van der Waals surface area contributed by atoms with Crippen LogP contribution in [-0.2, 0) is 19.0 Å². The van der Waals surface area contributed by atoms with Gasteiger partial charge in [0.25, 0.3) is 5.91 Å².